The van der Waals surface area contributed by atoms with Crippen molar-refractivity contribution in [3.63, 3.8) is 0 Å². The fraction of sp³-hybridized carbons (Fsp3) is 0.667. The molecule has 1 aliphatic rings. The topological polar surface area (TPSA) is 37.4 Å². The van der Waals surface area contributed by atoms with Crippen molar-refractivity contribution in [2.45, 2.75) is 42.8 Å². The Morgan fingerprint density at radius 1 is 1.56 bits per heavy atom. The first-order valence-corrected chi connectivity index (χ1v) is 8.97. The molecule has 1 aromatic heterocycles. The molecule has 0 aliphatic carbocycles. The molecule has 0 aromatic carbocycles. The molecule has 1 unspecified atom stereocenters. The minimum absolute atomic E-state index is 0.136. The van der Waals surface area contributed by atoms with Crippen LogP contribution < -0.4 is 0 Å². The molecule has 0 N–H and O–H groups in total. The van der Waals surface area contributed by atoms with Gasteiger partial charge in [0.2, 0.25) is 0 Å². The predicted molar refractivity (Wildman–Crippen MR) is 75.6 cm³/mol. The van der Waals surface area contributed by atoms with Gasteiger partial charge in [0, 0.05) is 18.5 Å². The van der Waals surface area contributed by atoms with Crippen molar-refractivity contribution in [3.8, 4) is 0 Å². The number of halogens is 1. The van der Waals surface area contributed by atoms with Gasteiger partial charge in [-0.05, 0) is 35.8 Å². The lowest BCUT2D eigenvalue weighted by Gasteiger charge is -2.26. The van der Waals surface area contributed by atoms with Gasteiger partial charge >= 0.3 is 0 Å². The average molecular weight is 308 g/mol. The maximum atomic E-state index is 12.6. The Morgan fingerprint density at radius 3 is 2.83 bits per heavy atom. The van der Waals surface area contributed by atoms with Gasteiger partial charge in [-0.1, -0.05) is 13.8 Å². The number of alkyl halides is 1. The summed E-state index contributed by atoms with van der Waals surface area (Å²) in [6, 6.07) is 1.83. The Balaban J connectivity index is 2.30. The highest BCUT2D eigenvalue weighted by atomic mass is 35.5. The minimum atomic E-state index is -3.33. The summed E-state index contributed by atoms with van der Waals surface area (Å²) in [4.78, 5) is 0. The fourth-order valence-electron chi connectivity index (χ4n) is 2.40. The largest absolute Gasteiger partial charge is 0.252 e. The predicted octanol–water partition coefficient (Wildman–Crippen LogP) is 3.30. The van der Waals surface area contributed by atoms with Crippen LogP contribution in [-0.4, -0.2) is 25.3 Å². The van der Waals surface area contributed by atoms with Crippen LogP contribution in [0.4, 0.5) is 0 Å². The summed E-state index contributed by atoms with van der Waals surface area (Å²) in [6.45, 7) is 4.80. The number of sulfonamides is 1. The van der Waals surface area contributed by atoms with E-state index in [2.05, 4.69) is 13.8 Å². The normalized spacial score (nSPS) is 21.9. The van der Waals surface area contributed by atoms with Gasteiger partial charge in [0.1, 0.15) is 4.21 Å². The molecule has 18 heavy (non-hydrogen) atoms. The molecular weight excluding hydrogens is 290 g/mol. The summed E-state index contributed by atoms with van der Waals surface area (Å²) in [6.07, 6.45) is 1.92. The summed E-state index contributed by atoms with van der Waals surface area (Å²) >= 11 is 6.99. The zero-order valence-electron chi connectivity index (χ0n) is 10.6. The molecule has 1 aromatic rings. The van der Waals surface area contributed by atoms with Gasteiger partial charge in [-0.25, -0.2) is 8.42 Å². The average Bonchev–Trinajstić information content (AvgIpc) is 2.98. The Kier molecular flexibility index (Phi) is 4.36. The maximum absolute atomic E-state index is 12.6. The zero-order valence-corrected chi connectivity index (χ0v) is 13.0. The Labute approximate surface area is 118 Å². The molecule has 2 rings (SSSR count). The van der Waals surface area contributed by atoms with E-state index in [-0.39, 0.29) is 6.04 Å². The van der Waals surface area contributed by atoms with Crippen molar-refractivity contribution in [1.82, 2.24) is 4.31 Å². The Bertz CT molecular complexity index is 510. The van der Waals surface area contributed by atoms with Crippen LogP contribution >= 0.6 is 22.9 Å². The first kappa shape index (κ1) is 14.3. The highest BCUT2D eigenvalue weighted by Crippen LogP contribution is 2.32. The molecule has 0 amide bonds. The molecule has 0 saturated carbocycles. The van der Waals surface area contributed by atoms with Crippen LogP contribution in [0.25, 0.3) is 0 Å². The number of rotatable bonds is 4. The van der Waals surface area contributed by atoms with Crippen LogP contribution in [0.3, 0.4) is 0 Å². The molecule has 0 radical (unpaired) electrons. The maximum Gasteiger partial charge on any atom is 0.252 e. The number of thiophene rings is 1. The molecule has 6 heteroatoms. The van der Waals surface area contributed by atoms with E-state index in [4.69, 9.17) is 11.6 Å². The van der Waals surface area contributed by atoms with Crippen molar-refractivity contribution in [1.29, 1.82) is 0 Å². The molecule has 3 nitrogen and oxygen atoms in total. The van der Waals surface area contributed by atoms with E-state index in [1.165, 1.54) is 11.3 Å². The highest BCUT2D eigenvalue weighted by molar-refractivity contribution is 7.91. The summed E-state index contributed by atoms with van der Waals surface area (Å²) in [5.74, 6) is 0.717. The summed E-state index contributed by atoms with van der Waals surface area (Å²) in [7, 11) is -3.33. The third-order valence-corrected chi connectivity index (χ3v) is 7.06. The second-order valence-electron chi connectivity index (χ2n) is 4.98. The first-order chi connectivity index (χ1) is 8.46. The minimum Gasteiger partial charge on any atom is -0.206 e. The highest BCUT2D eigenvalue weighted by Gasteiger charge is 2.37. The molecule has 1 atom stereocenters. The Morgan fingerprint density at radius 2 is 2.28 bits per heavy atom. The van der Waals surface area contributed by atoms with E-state index in [1.807, 2.05) is 5.38 Å². The number of hydrogen-bond acceptors (Lipinski definition) is 3. The van der Waals surface area contributed by atoms with Gasteiger partial charge in [-0.3, -0.25) is 0 Å². The third-order valence-electron chi connectivity index (χ3n) is 3.36. The van der Waals surface area contributed by atoms with Gasteiger partial charge < -0.3 is 0 Å². The monoisotopic (exact) mass is 307 g/mol. The molecule has 1 saturated heterocycles. The first-order valence-electron chi connectivity index (χ1n) is 6.12. The van der Waals surface area contributed by atoms with E-state index in [0.717, 1.165) is 18.4 Å². The van der Waals surface area contributed by atoms with Crippen LogP contribution in [-0.2, 0) is 15.9 Å². The van der Waals surface area contributed by atoms with Gasteiger partial charge in [0.05, 0.1) is 0 Å². The fourth-order valence-corrected chi connectivity index (χ4v) is 5.81. The van der Waals surface area contributed by atoms with E-state index in [9.17, 15) is 8.42 Å². The van der Waals surface area contributed by atoms with Gasteiger partial charge in [-0.2, -0.15) is 4.31 Å². The van der Waals surface area contributed by atoms with Gasteiger partial charge in [0.15, 0.2) is 0 Å². The number of hydrogen-bond donors (Lipinski definition) is 0. The molecular formula is C12H18ClNO2S2. The molecule has 1 aliphatic heterocycles. The SMILES string of the molecule is CC(C)C1CCCN1S(=O)(=O)c1cc(CCl)cs1. The quantitative estimate of drug-likeness (QED) is 0.800. The second kappa shape index (κ2) is 5.49. The molecule has 102 valence electrons. The Hall–Kier alpha value is -0.100. The summed E-state index contributed by atoms with van der Waals surface area (Å²) < 4.78 is 27.2. The molecule has 1 fully saturated rings. The molecule has 0 bridgehead atoms. The smallest absolute Gasteiger partial charge is 0.206 e. The standard InChI is InChI=1S/C12H18ClNO2S2/c1-9(2)11-4-3-5-14(11)18(15,16)12-6-10(7-13)8-17-12/h6,8-9,11H,3-5,7H2,1-2H3. The lowest BCUT2D eigenvalue weighted by molar-refractivity contribution is 0.316. The lowest BCUT2D eigenvalue weighted by atomic mass is 10.0. The van der Waals surface area contributed by atoms with E-state index in [0.29, 0.717) is 22.6 Å². The van der Waals surface area contributed by atoms with Crippen LogP contribution in [0, 0.1) is 5.92 Å². The van der Waals surface area contributed by atoms with Crippen LogP contribution in [0.1, 0.15) is 32.3 Å². The lowest BCUT2D eigenvalue weighted by Crippen LogP contribution is -2.38. The van der Waals surface area contributed by atoms with E-state index in [1.54, 1.807) is 10.4 Å². The van der Waals surface area contributed by atoms with Crippen molar-refractivity contribution >= 4 is 33.0 Å². The van der Waals surface area contributed by atoms with Crippen molar-refractivity contribution in [2.75, 3.05) is 6.54 Å². The number of nitrogens with zero attached hydrogens (tertiary/aromatic N) is 1. The van der Waals surface area contributed by atoms with Crippen molar-refractivity contribution < 1.29 is 8.42 Å². The van der Waals surface area contributed by atoms with Crippen LogP contribution in [0.15, 0.2) is 15.7 Å². The zero-order chi connectivity index (χ0) is 13.3. The van der Waals surface area contributed by atoms with E-state index >= 15 is 0 Å². The van der Waals surface area contributed by atoms with Crippen molar-refractivity contribution in [3.05, 3.63) is 17.0 Å². The third kappa shape index (κ3) is 2.59. The van der Waals surface area contributed by atoms with Crippen LogP contribution in [0.2, 0.25) is 0 Å². The summed E-state index contributed by atoms with van der Waals surface area (Å²) in [5, 5.41) is 1.82. The molecule has 2 heterocycles. The van der Waals surface area contributed by atoms with E-state index < -0.39 is 10.0 Å². The summed E-state index contributed by atoms with van der Waals surface area (Å²) in [5.41, 5.74) is 0.875. The second-order valence-corrected chi connectivity index (χ2v) is 8.27. The molecule has 0 spiro atoms. The van der Waals surface area contributed by atoms with Gasteiger partial charge in [0.25, 0.3) is 10.0 Å². The van der Waals surface area contributed by atoms with Gasteiger partial charge in [-0.15, -0.1) is 22.9 Å². The van der Waals surface area contributed by atoms with Crippen molar-refractivity contribution in [2.24, 2.45) is 5.92 Å². The van der Waals surface area contributed by atoms with Crippen LogP contribution in [0.5, 0.6) is 0 Å².